The van der Waals surface area contributed by atoms with Crippen molar-refractivity contribution in [2.24, 2.45) is 4.74 Å². The summed E-state index contributed by atoms with van der Waals surface area (Å²) in [6.45, 7) is 25.7. The summed E-state index contributed by atoms with van der Waals surface area (Å²) in [5, 5.41) is 0. The largest absolute Gasteiger partial charge is 0.271 e. The normalized spacial score (nSPS) is 17.6. The van der Waals surface area contributed by atoms with E-state index in [-0.39, 0.29) is 21.7 Å². The van der Waals surface area contributed by atoms with Gasteiger partial charge < -0.3 is 0 Å². The molecule has 1 aliphatic carbocycles. The van der Waals surface area contributed by atoms with Crippen LogP contribution in [-0.2, 0) is 21.7 Å². The second kappa shape index (κ2) is 16.6. The van der Waals surface area contributed by atoms with Crippen molar-refractivity contribution in [2.45, 2.75) is 117 Å². The van der Waals surface area contributed by atoms with E-state index in [0.717, 1.165) is 34.5 Å². The molecule has 3 unspecified atom stereocenters. The summed E-state index contributed by atoms with van der Waals surface area (Å²) >= 11 is 0. The molecule has 1 aliphatic rings. The quantitative estimate of drug-likeness (QED) is 0.168. The number of nitrogens with zero attached hydrogens (tertiary/aromatic N) is 1. The fourth-order valence-electron chi connectivity index (χ4n) is 4.21. The summed E-state index contributed by atoms with van der Waals surface area (Å²) in [5.41, 5.74) is 5.78. The van der Waals surface area contributed by atoms with Gasteiger partial charge in [0, 0.05) is 33.8 Å². The van der Waals surface area contributed by atoms with Gasteiger partial charge in [-0.2, -0.15) is 0 Å². The van der Waals surface area contributed by atoms with Gasteiger partial charge in [-0.25, -0.2) is 0 Å². The monoisotopic (exact) mass is 453 g/mol. The molecule has 0 fully saturated rings. The zero-order valence-corrected chi connectivity index (χ0v) is 23.2. The standard InChI is InChI=1S/C20H38NP.C6H10.Ti/c1-7-12-17(4)22(18(5)13-8-2,19(6)14-9-3)21-20-15-10-11-16-20;1-5(2)6(3)4;/h10-11,15,17-19H,7-9,12-14,16H2,1-6H3;1,3H2,2,4H3;. The van der Waals surface area contributed by atoms with Gasteiger partial charge in [-0.3, -0.25) is 4.74 Å². The van der Waals surface area contributed by atoms with E-state index in [4.69, 9.17) is 4.74 Å². The van der Waals surface area contributed by atoms with Crippen LogP contribution >= 0.6 is 7.05 Å². The van der Waals surface area contributed by atoms with Gasteiger partial charge in [-0.15, -0.1) is 0 Å². The van der Waals surface area contributed by atoms with Gasteiger partial charge >= 0.3 is 0 Å². The van der Waals surface area contributed by atoms with E-state index in [1.165, 1.54) is 44.2 Å². The average molecular weight is 454 g/mol. The molecule has 1 rings (SSSR count). The van der Waals surface area contributed by atoms with Gasteiger partial charge in [0.15, 0.2) is 0 Å². The summed E-state index contributed by atoms with van der Waals surface area (Å²) in [4.78, 5) is 0. The van der Waals surface area contributed by atoms with Crippen LogP contribution in [0.4, 0.5) is 0 Å². The van der Waals surface area contributed by atoms with Gasteiger partial charge in [-0.1, -0.05) is 97.3 Å². The van der Waals surface area contributed by atoms with Gasteiger partial charge in [0.05, 0.1) is 0 Å². The molecular weight excluding hydrogens is 405 g/mol. The predicted octanol–water partition coefficient (Wildman–Crippen LogP) is 9.73. The molecule has 3 heteroatoms. The van der Waals surface area contributed by atoms with Crippen molar-refractivity contribution in [3.8, 4) is 0 Å². The summed E-state index contributed by atoms with van der Waals surface area (Å²) in [6, 6.07) is 0. The smallest absolute Gasteiger partial charge is 0.0425 e. The van der Waals surface area contributed by atoms with Crippen molar-refractivity contribution < 1.29 is 21.7 Å². The maximum atomic E-state index is 5.57. The minimum absolute atomic E-state index is 0. The molecule has 29 heavy (non-hydrogen) atoms. The Labute approximate surface area is 198 Å². The Morgan fingerprint density at radius 2 is 1.28 bits per heavy atom. The molecule has 0 amide bonds. The van der Waals surface area contributed by atoms with Crippen LogP contribution in [0.3, 0.4) is 0 Å². The second-order valence-electron chi connectivity index (χ2n) is 8.66. The Kier molecular flexibility index (Phi) is 17.8. The van der Waals surface area contributed by atoms with E-state index in [2.05, 4.69) is 72.9 Å². The van der Waals surface area contributed by atoms with Crippen LogP contribution in [0.1, 0.15) is 100 Å². The molecule has 0 N–H and O–H groups in total. The van der Waals surface area contributed by atoms with Gasteiger partial charge in [0.1, 0.15) is 0 Å². The third-order valence-electron chi connectivity index (χ3n) is 6.02. The number of hydrogen-bond acceptors (Lipinski definition) is 1. The summed E-state index contributed by atoms with van der Waals surface area (Å²) in [5.74, 6) is 0. The van der Waals surface area contributed by atoms with Gasteiger partial charge in [0.25, 0.3) is 0 Å². The Morgan fingerprint density at radius 3 is 1.52 bits per heavy atom. The fourth-order valence-corrected chi connectivity index (χ4v) is 10.0. The predicted molar refractivity (Wildman–Crippen MR) is 134 cm³/mol. The van der Waals surface area contributed by atoms with Crippen LogP contribution in [0.25, 0.3) is 0 Å². The molecule has 166 valence electrons. The Bertz CT molecular complexity index is 550. The maximum absolute atomic E-state index is 5.57. The maximum Gasteiger partial charge on any atom is 0.0425 e. The summed E-state index contributed by atoms with van der Waals surface area (Å²) in [7, 11) is -1.35. The van der Waals surface area contributed by atoms with Crippen LogP contribution in [0, 0.1) is 0 Å². The van der Waals surface area contributed by atoms with E-state index in [9.17, 15) is 0 Å². The number of allylic oxidation sites excluding steroid dienone is 5. The first-order valence-electron chi connectivity index (χ1n) is 11.5. The molecule has 0 aliphatic heterocycles. The van der Waals surface area contributed by atoms with Crippen molar-refractivity contribution >= 4 is 7.05 Å². The molecule has 0 aromatic heterocycles. The van der Waals surface area contributed by atoms with Gasteiger partial charge in [0.2, 0.25) is 0 Å². The average Bonchev–Trinajstić information content (AvgIpc) is 3.13. The number of rotatable bonds is 11. The number of hydrogen-bond donors (Lipinski definition) is 0. The fraction of sp³-hybridized carbons (Fsp3) is 0.692. The van der Waals surface area contributed by atoms with Crippen molar-refractivity contribution in [1.29, 1.82) is 0 Å². The molecule has 0 saturated carbocycles. The zero-order chi connectivity index (χ0) is 21.7. The molecule has 0 heterocycles. The molecule has 0 aromatic rings. The molecule has 0 aromatic carbocycles. The SMILES string of the molecule is C=C(C)C(=C)C.CCCC(C)P(=NC1=CC=CC1)(C(C)CCC)C(C)CCC.[Ti]. The van der Waals surface area contributed by atoms with Crippen molar-refractivity contribution in [1.82, 2.24) is 0 Å². The summed E-state index contributed by atoms with van der Waals surface area (Å²) < 4.78 is 5.57. The minimum atomic E-state index is -1.35. The van der Waals surface area contributed by atoms with Crippen LogP contribution in [0.2, 0.25) is 0 Å². The van der Waals surface area contributed by atoms with Crippen molar-refractivity contribution in [3.63, 3.8) is 0 Å². The Balaban J connectivity index is 0. The first kappa shape index (κ1) is 31.1. The van der Waals surface area contributed by atoms with Crippen LogP contribution in [0.15, 0.2) is 53.0 Å². The first-order chi connectivity index (χ1) is 13.2. The van der Waals surface area contributed by atoms with E-state index in [1.54, 1.807) is 0 Å². The van der Waals surface area contributed by atoms with E-state index >= 15 is 0 Å². The molecular formula is C26H48NPTi. The van der Waals surface area contributed by atoms with E-state index in [1.807, 2.05) is 13.8 Å². The molecule has 0 saturated heterocycles. The summed E-state index contributed by atoms with van der Waals surface area (Å²) in [6.07, 6.45) is 15.6. The third kappa shape index (κ3) is 10.2. The Hall–Kier alpha value is -0.0957. The molecule has 0 radical (unpaired) electrons. The van der Waals surface area contributed by atoms with E-state index in [0.29, 0.717) is 0 Å². The minimum Gasteiger partial charge on any atom is -0.271 e. The third-order valence-corrected chi connectivity index (χ3v) is 11.6. The topological polar surface area (TPSA) is 12.4 Å². The Morgan fingerprint density at radius 1 is 0.897 bits per heavy atom. The van der Waals surface area contributed by atoms with Crippen molar-refractivity contribution in [2.75, 3.05) is 0 Å². The molecule has 0 spiro atoms. The van der Waals surface area contributed by atoms with Crippen molar-refractivity contribution in [3.05, 3.63) is 48.2 Å². The first-order valence-corrected chi connectivity index (χ1v) is 13.4. The van der Waals surface area contributed by atoms with Crippen LogP contribution in [0.5, 0.6) is 0 Å². The second-order valence-corrected chi connectivity index (χ2v) is 13.1. The van der Waals surface area contributed by atoms with E-state index < -0.39 is 7.05 Å². The molecule has 0 bridgehead atoms. The molecule has 1 nitrogen and oxygen atoms in total. The van der Waals surface area contributed by atoms with Gasteiger partial charge in [-0.05, 0) is 63.2 Å². The zero-order valence-electron chi connectivity index (χ0n) is 20.7. The van der Waals surface area contributed by atoms with Crippen LogP contribution in [-0.4, -0.2) is 17.0 Å². The molecule has 3 atom stereocenters. The van der Waals surface area contributed by atoms with Crippen LogP contribution < -0.4 is 0 Å².